The van der Waals surface area contributed by atoms with Crippen molar-refractivity contribution in [2.75, 3.05) is 7.11 Å². The first-order valence-corrected chi connectivity index (χ1v) is 12.3. The highest BCUT2D eigenvalue weighted by atomic mass is 35.5. The Labute approximate surface area is 220 Å². The molecule has 10 heteroatoms. The number of ether oxygens (including phenoxy) is 1. The third kappa shape index (κ3) is 4.75. The molecule has 0 radical (unpaired) electrons. The van der Waals surface area contributed by atoms with Crippen LogP contribution in [0, 0.1) is 0 Å². The van der Waals surface area contributed by atoms with E-state index < -0.39 is 11.9 Å². The minimum atomic E-state index is -0.400. The fraction of sp³-hybridized carbons (Fsp3) is 0.0769. The van der Waals surface area contributed by atoms with E-state index in [0.717, 1.165) is 34.0 Å². The monoisotopic (exact) mass is 537 g/mol. The van der Waals surface area contributed by atoms with Crippen molar-refractivity contribution in [3.05, 3.63) is 92.3 Å². The average Bonchev–Trinajstić information content (AvgIpc) is 3.37. The van der Waals surface area contributed by atoms with E-state index in [0.29, 0.717) is 38.4 Å². The van der Waals surface area contributed by atoms with Crippen LogP contribution in [0.3, 0.4) is 0 Å². The molecule has 1 fully saturated rings. The van der Waals surface area contributed by atoms with E-state index in [1.165, 1.54) is 7.11 Å². The molecule has 1 aliphatic heterocycles. The van der Waals surface area contributed by atoms with Crippen LogP contribution in [0.25, 0.3) is 28.5 Å². The van der Waals surface area contributed by atoms with Gasteiger partial charge >= 0.3 is 5.97 Å². The van der Waals surface area contributed by atoms with E-state index in [-0.39, 0.29) is 5.24 Å². The minimum Gasteiger partial charge on any atom is -0.465 e. The molecule has 1 saturated heterocycles. The molecule has 7 nitrogen and oxygen atoms in total. The summed E-state index contributed by atoms with van der Waals surface area (Å²) < 4.78 is 6.80. The molecule has 0 spiro atoms. The van der Waals surface area contributed by atoms with E-state index in [1.54, 1.807) is 30.3 Å². The number of aromatic nitrogens is 2. The maximum absolute atomic E-state index is 11.8. The van der Waals surface area contributed by atoms with Gasteiger partial charge in [-0.25, -0.2) is 9.78 Å². The van der Waals surface area contributed by atoms with E-state index in [4.69, 9.17) is 32.9 Å². The molecular weight excluding hydrogens is 521 g/mol. The first-order chi connectivity index (χ1) is 17.3. The van der Waals surface area contributed by atoms with Crippen molar-refractivity contribution in [1.29, 1.82) is 0 Å². The number of halogens is 2. The van der Waals surface area contributed by atoms with Crippen LogP contribution in [0.1, 0.15) is 21.5 Å². The van der Waals surface area contributed by atoms with Gasteiger partial charge in [0.15, 0.2) is 0 Å². The van der Waals surface area contributed by atoms with Crippen LogP contribution in [0.4, 0.5) is 4.79 Å². The standard InChI is InChI=1S/C26H17Cl2N3O4S/c1-35-25(33)17-8-4-15(5-9-17)13-31-21-12-19(28)18(27)11-20(21)29-23(31)16-6-2-14(3-7-16)10-22-24(32)30-26(34)36-22/h2-12H,13H2,1H3,(H,30,32,34). The zero-order valence-corrected chi connectivity index (χ0v) is 21.1. The van der Waals surface area contributed by atoms with Crippen LogP contribution >= 0.6 is 35.0 Å². The molecule has 180 valence electrons. The van der Waals surface area contributed by atoms with Gasteiger partial charge in [0.2, 0.25) is 0 Å². The maximum atomic E-state index is 11.8. The molecule has 0 unspecified atom stereocenters. The molecule has 2 heterocycles. The third-order valence-electron chi connectivity index (χ3n) is 5.61. The summed E-state index contributed by atoms with van der Waals surface area (Å²) in [7, 11) is 1.34. The molecule has 1 aromatic heterocycles. The molecular formula is C26H17Cl2N3O4S. The number of benzene rings is 3. The predicted molar refractivity (Wildman–Crippen MR) is 141 cm³/mol. The lowest BCUT2D eigenvalue weighted by atomic mass is 10.1. The molecule has 4 aromatic rings. The number of rotatable bonds is 5. The van der Waals surface area contributed by atoms with E-state index >= 15 is 0 Å². The van der Waals surface area contributed by atoms with Crippen LogP contribution in [0.2, 0.25) is 10.0 Å². The molecule has 2 amide bonds. The van der Waals surface area contributed by atoms with Crippen LogP contribution in [0.15, 0.2) is 65.6 Å². The summed E-state index contributed by atoms with van der Waals surface area (Å²) in [5.74, 6) is -0.102. The van der Waals surface area contributed by atoms with E-state index in [2.05, 4.69) is 5.32 Å². The Morgan fingerprint density at radius 3 is 2.39 bits per heavy atom. The largest absolute Gasteiger partial charge is 0.465 e. The second-order valence-corrected chi connectivity index (χ2v) is 9.77. The number of methoxy groups -OCH3 is 1. The quantitative estimate of drug-likeness (QED) is 0.242. The first kappa shape index (κ1) is 24.1. The number of hydrogen-bond acceptors (Lipinski definition) is 6. The molecule has 0 atom stereocenters. The maximum Gasteiger partial charge on any atom is 0.337 e. The summed E-state index contributed by atoms with van der Waals surface area (Å²) in [6, 6.07) is 18.2. The number of thioether (sulfide) groups is 1. The Morgan fingerprint density at radius 1 is 1.06 bits per heavy atom. The molecule has 0 saturated carbocycles. The summed E-state index contributed by atoms with van der Waals surface area (Å²) in [6.07, 6.45) is 1.67. The van der Waals surface area contributed by atoms with E-state index in [1.807, 2.05) is 41.0 Å². The number of fused-ring (bicyclic) bond motifs is 1. The van der Waals surface area contributed by atoms with Gasteiger partial charge in [-0.3, -0.25) is 14.9 Å². The van der Waals surface area contributed by atoms with Crippen molar-refractivity contribution in [3.63, 3.8) is 0 Å². The van der Waals surface area contributed by atoms with Gasteiger partial charge in [-0.05, 0) is 53.2 Å². The fourth-order valence-corrected chi connectivity index (χ4v) is 4.85. The number of imide groups is 1. The Kier molecular flexibility index (Phi) is 6.57. The third-order valence-corrected chi connectivity index (χ3v) is 7.15. The van der Waals surface area contributed by atoms with Gasteiger partial charge in [-0.1, -0.05) is 59.6 Å². The SMILES string of the molecule is COC(=O)c1ccc(Cn2c(-c3ccc(C=C4SC(=O)NC4=O)cc3)nc3cc(Cl)c(Cl)cc32)cc1. The van der Waals surface area contributed by atoms with Gasteiger partial charge in [0, 0.05) is 12.1 Å². The van der Waals surface area contributed by atoms with Crippen LogP contribution < -0.4 is 5.32 Å². The second-order valence-electron chi connectivity index (χ2n) is 7.94. The van der Waals surface area contributed by atoms with Crippen molar-refractivity contribution in [3.8, 4) is 11.4 Å². The topological polar surface area (TPSA) is 90.3 Å². The molecule has 1 N–H and O–H groups in total. The lowest BCUT2D eigenvalue weighted by molar-refractivity contribution is -0.115. The Bertz CT molecular complexity index is 1560. The van der Waals surface area contributed by atoms with Crippen LogP contribution in [-0.2, 0) is 16.1 Å². The van der Waals surface area contributed by atoms with Gasteiger partial charge in [-0.15, -0.1) is 0 Å². The number of amides is 2. The van der Waals surface area contributed by atoms with Crippen molar-refractivity contribution < 1.29 is 19.1 Å². The molecule has 3 aromatic carbocycles. The van der Waals surface area contributed by atoms with Gasteiger partial charge < -0.3 is 9.30 Å². The van der Waals surface area contributed by atoms with E-state index in [9.17, 15) is 14.4 Å². The molecule has 0 aliphatic carbocycles. The second kappa shape index (κ2) is 9.81. The van der Waals surface area contributed by atoms with Crippen molar-refractivity contribution in [1.82, 2.24) is 14.9 Å². The lowest BCUT2D eigenvalue weighted by Crippen LogP contribution is -2.17. The van der Waals surface area contributed by atoms with Gasteiger partial charge in [0.1, 0.15) is 5.82 Å². The van der Waals surface area contributed by atoms with Crippen LogP contribution in [0.5, 0.6) is 0 Å². The van der Waals surface area contributed by atoms with Gasteiger partial charge in [0.05, 0.1) is 38.7 Å². The average molecular weight is 538 g/mol. The number of carbonyl (C=O) groups excluding carboxylic acids is 3. The number of nitrogens with zero attached hydrogens (tertiary/aromatic N) is 2. The number of hydrogen-bond donors (Lipinski definition) is 1. The summed E-state index contributed by atoms with van der Waals surface area (Å²) in [5.41, 5.74) is 4.52. The molecule has 1 aliphatic rings. The molecule has 36 heavy (non-hydrogen) atoms. The van der Waals surface area contributed by atoms with Crippen LogP contribution in [-0.4, -0.2) is 33.8 Å². The normalized spacial score (nSPS) is 14.5. The Morgan fingerprint density at radius 2 is 1.75 bits per heavy atom. The Hall–Kier alpha value is -3.59. The summed E-state index contributed by atoms with van der Waals surface area (Å²) in [6.45, 7) is 0.468. The van der Waals surface area contributed by atoms with Crippen molar-refractivity contribution in [2.24, 2.45) is 0 Å². The predicted octanol–water partition coefficient (Wildman–Crippen LogP) is 6.17. The summed E-state index contributed by atoms with van der Waals surface area (Å²) >= 11 is 13.4. The zero-order chi connectivity index (χ0) is 25.4. The Balaban J connectivity index is 1.53. The van der Waals surface area contributed by atoms with Gasteiger partial charge in [-0.2, -0.15) is 0 Å². The number of imidazole rings is 1. The highest BCUT2D eigenvalue weighted by Gasteiger charge is 2.25. The molecule has 5 rings (SSSR count). The highest BCUT2D eigenvalue weighted by Crippen LogP contribution is 2.33. The lowest BCUT2D eigenvalue weighted by Gasteiger charge is -2.11. The minimum absolute atomic E-state index is 0.347. The zero-order valence-electron chi connectivity index (χ0n) is 18.7. The number of esters is 1. The number of nitrogens with one attached hydrogen (secondary N) is 1. The number of carbonyl (C=O) groups is 3. The summed E-state index contributed by atoms with van der Waals surface area (Å²) in [4.78, 5) is 40.2. The fourth-order valence-electron chi connectivity index (χ4n) is 3.85. The summed E-state index contributed by atoms with van der Waals surface area (Å²) in [5, 5.41) is 2.69. The van der Waals surface area contributed by atoms with Gasteiger partial charge in [0.25, 0.3) is 11.1 Å². The first-order valence-electron chi connectivity index (χ1n) is 10.7. The molecule has 0 bridgehead atoms. The van der Waals surface area contributed by atoms with Crippen molar-refractivity contribution >= 4 is 69.2 Å². The smallest absolute Gasteiger partial charge is 0.337 e. The van der Waals surface area contributed by atoms with Crippen molar-refractivity contribution in [2.45, 2.75) is 6.54 Å². The highest BCUT2D eigenvalue weighted by molar-refractivity contribution is 8.18.